The molecule has 0 aliphatic carbocycles. The van der Waals surface area contributed by atoms with Crippen LogP contribution in [0.2, 0.25) is 0 Å². The molecule has 4 heteroatoms. The summed E-state index contributed by atoms with van der Waals surface area (Å²) < 4.78 is 9.21. The first-order valence-electron chi connectivity index (χ1n) is 13.8. The molecule has 0 fully saturated rings. The van der Waals surface area contributed by atoms with Crippen molar-refractivity contribution in [2.45, 2.75) is 0 Å². The minimum absolute atomic E-state index is 0.635. The fraction of sp³-hybridized carbons (Fsp3) is 0. The number of aromatic nitrogens is 1. The molecule has 1 aromatic heterocycles. The van der Waals surface area contributed by atoms with Gasteiger partial charge in [-0.3, -0.25) is 0 Å². The highest BCUT2D eigenvalue weighted by Crippen LogP contribution is 2.41. The highest BCUT2D eigenvalue weighted by atomic mass is 28.3. The van der Waals surface area contributed by atoms with Crippen LogP contribution in [-0.2, 0) is 0 Å². The molecule has 0 atom stereocenters. The number of benzene rings is 6. The lowest BCUT2D eigenvalue weighted by atomic mass is 10.1. The lowest BCUT2D eigenvalue weighted by molar-refractivity contribution is 0.493. The zero-order chi connectivity index (χ0) is 27.4. The standard InChI is InChI=1S/C37H24N2OSi/c38-25-26-12-11-13-27(24-26)39-31-19-8-7-18-30(31)36-32(39)22-23-35-37(36)40-33-20-9-10-21-34(33)41(35,28-14-3-1-4-15-28)29-16-5-2-6-17-29/h1-24H. The molecule has 192 valence electrons. The first-order chi connectivity index (χ1) is 20.3. The van der Waals surface area contributed by atoms with Gasteiger partial charge in [-0.05, 0) is 57.1 Å². The normalized spacial score (nSPS) is 13.2. The van der Waals surface area contributed by atoms with E-state index in [9.17, 15) is 5.26 Å². The summed E-state index contributed by atoms with van der Waals surface area (Å²) in [5.74, 6) is 1.84. The molecule has 41 heavy (non-hydrogen) atoms. The molecule has 0 saturated carbocycles. The van der Waals surface area contributed by atoms with Crippen LogP contribution in [-0.4, -0.2) is 12.6 Å². The molecular formula is C37H24N2OSi. The zero-order valence-electron chi connectivity index (χ0n) is 22.2. The largest absolute Gasteiger partial charge is 0.457 e. The molecule has 1 aliphatic heterocycles. The summed E-state index contributed by atoms with van der Waals surface area (Å²) in [5.41, 5.74) is 3.74. The molecule has 0 N–H and O–H groups in total. The van der Waals surface area contributed by atoms with E-state index in [-0.39, 0.29) is 0 Å². The maximum atomic E-state index is 9.64. The van der Waals surface area contributed by atoms with E-state index >= 15 is 0 Å². The number of fused-ring (bicyclic) bond motifs is 6. The first-order valence-corrected chi connectivity index (χ1v) is 15.8. The highest BCUT2D eigenvalue weighted by molar-refractivity contribution is 7.20. The van der Waals surface area contributed by atoms with Crippen LogP contribution in [0.3, 0.4) is 0 Å². The minimum Gasteiger partial charge on any atom is -0.457 e. The molecule has 2 heterocycles. The van der Waals surface area contributed by atoms with Gasteiger partial charge in [-0.1, -0.05) is 109 Å². The van der Waals surface area contributed by atoms with Gasteiger partial charge in [0, 0.05) is 11.1 Å². The summed E-state index contributed by atoms with van der Waals surface area (Å²) in [6, 6.07) is 53.6. The molecular weight excluding hydrogens is 517 g/mol. The van der Waals surface area contributed by atoms with Crippen LogP contribution in [0.1, 0.15) is 5.56 Å². The van der Waals surface area contributed by atoms with Crippen molar-refractivity contribution in [2.24, 2.45) is 0 Å². The molecule has 0 amide bonds. The summed E-state index contributed by atoms with van der Waals surface area (Å²) in [6.07, 6.45) is 0. The van der Waals surface area contributed by atoms with Gasteiger partial charge >= 0.3 is 0 Å². The second-order valence-corrected chi connectivity index (χ2v) is 14.2. The summed E-state index contributed by atoms with van der Waals surface area (Å²) in [6.45, 7) is 0. The van der Waals surface area contributed by atoms with Gasteiger partial charge in [0.2, 0.25) is 0 Å². The Labute approximate surface area is 239 Å². The summed E-state index contributed by atoms with van der Waals surface area (Å²) in [4.78, 5) is 0. The van der Waals surface area contributed by atoms with Crippen molar-refractivity contribution < 1.29 is 4.74 Å². The maximum Gasteiger partial charge on any atom is 0.188 e. The van der Waals surface area contributed by atoms with Crippen LogP contribution >= 0.6 is 0 Å². The van der Waals surface area contributed by atoms with Crippen LogP contribution in [0.15, 0.2) is 146 Å². The highest BCUT2D eigenvalue weighted by Gasteiger charge is 2.48. The Balaban J connectivity index is 1.55. The monoisotopic (exact) mass is 540 g/mol. The smallest absolute Gasteiger partial charge is 0.188 e. The number of hydrogen-bond acceptors (Lipinski definition) is 2. The third-order valence-corrected chi connectivity index (χ3v) is 13.2. The van der Waals surface area contributed by atoms with Crippen molar-refractivity contribution in [2.75, 3.05) is 0 Å². The average molecular weight is 541 g/mol. The molecule has 0 unspecified atom stereocenters. The van der Waals surface area contributed by atoms with E-state index in [1.807, 2.05) is 18.2 Å². The van der Waals surface area contributed by atoms with Crippen molar-refractivity contribution in [3.8, 4) is 23.3 Å². The Morgan fingerprint density at radius 1 is 0.585 bits per heavy atom. The second kappa shape index (κ2) is 9.09. The molecule has 3 nitrogen and oxygen atoms in total. The lowest BCUT2D eigenvalue weighted by Crippen LogP contribution is -2.76. The second-order valence-electron chi connectivity index (χ2n) is 10.4. The van der Waals surface area contributed by atoms with Gasteiger partial charge in [0.1, 0.15) is 11.5 Å². The fourth-order valence-corrected chi connectivity index (χ4v) is 11.7. The van der Waals surface area contributed by atoms with Crippen LogP contribution in [0.4, 0.5) is 0 Å². The van der Waals surface area contributed by atoms with Crippen LogP contribution in [0, 0.1) is 11.3 Å². The van der Waals surface area contributed by atoms with Crippen molar-refractivity contribution in [3.05, 3.63) is 151 Å². The Bertz CT molecular complexity index is 2100. The predicted molar refractivity (Wildman–Crippen MR) is 169 cm³/mol. The van der Waals surface area contributed by atoms with Gasteiger partial charge < -0.3 is 9.30 Å². The molecule has 6 aromatic carbocycles. The number of nitriles is 1. The Hall–Kier alpha value is -5.37. The number of ether oxygens (including phenoxy) is 1. The summed E-state index contributed by atoms with van der Waals surface area (Å²) in [7, 11) is -2.74. The number of rotatable bonds is 3. The third kappa shape index (κ3) is 3.30. The predicted octanol–water partition coefficient (Wildman–Crippen LogP) is 6.14. The molecule has 0 spiro atoms. The average Bonchev–Trinajstić information content (AvgIpc) is 3.39. The van der Waals surface area contributed by atoms with E-state index in [0.717, 1.165) is 39.0 Å². The first kappa shape index (κ1) is 23.5. The zero-order valence-corrected chi connectivity index (χ0v) is 23.2. The van der Waals surface area contributed by atoms with E-state index in [1.165, 1.54) is 20.7 Å². The summed E-state index contributed by atoms with van der Waals surface area (Å²) >= 11 is 0. The van der Waals surface area contributed by atoms with Gasteiger partial charge in [0.25, 0.3) is 0 Å². The van der Waals surface area contributed by atoms with Gasteiger partial charge in [-0.15, -0.1) is 0 Å². The van der Waals surface area contributed by atoms with E-state index in [1.54, 1.807) is 0 Å². The molecule has 0 bridgehead atoms. The Kier molecular flexibility index (Phi) is 5.21. The summed E-state index contributed by atoms with van der Waals surface area (Å²) in [5, 5.41) is 17.0. The Morgan fingerprint density at radius 3 is 2.02 bits per heavy atom. The van der Waals surface area contributed by atoms with Crippen LogP contribution < -0.4 is 25.5 Å². The SMILES string of the molecule is N#Cc1cccc(-n2c3ccccc3c3c4c(ccc32)[Si](c2ccccc2)(c2ccccc2)c2ccccc2O4)c1. The van der Waals surface area contributed by atoms with Gasteiger partial charge in [-0.2, -0.15) is 5.26 Å². The lowest BCUT2D eigenvalue weighted by Gasteiger charge is -2.39. The van der Waals surface area contributed by atoms with E-state index < -0.39 is 8.07 Å². The van der Waals surface area contributed by atoms with Gasteiger partial charge in [0.15, 0.2) is 8.07 Å². The van der Waals surface area contributed by atoms with Crippen molar-refractivity contribution in [3.63, 3.8) is 0 Å². The van der Waals surface area contributed by atoms with Crippen molar-refractivity contribution in [1.29, 1.82) is 5.26 Å². The van der Waals surface area contributed by atoms with Gasteiger partial charge in [-0.25, -0.2) is 0 Å². The topological polar surface area (TPSA) is 38.0 Å². The molecule has 0 radical (unpaired) electrons. The quantitative estimate of drug-likeness (QED) is 0.253. The maximum absolute atomic E-state index is 9.64. The van der Waals surface area contributed by atoms with E-state index in [0.29, 0.717) is 5.56 Å². The molecule has 7 aromatic rings. The molecule has 1 aliphatic rings. The minimum atomic E-state index is -2.74. The van der Waals surface area contributed by atoms with E-state index in [2.05, 4.69) is 138 Å². The number of nitrogens with zero attached hydrogens (tertiary/aromatic N) is 2. The number of hydrogen-bond donors (Lipinski definition) is 0. The third-order valence-electron chi connectivity index (χ3n) is 8.35. The van der Waals surface area contributed by atoms with Crippen LogP contribution in [0.25, 0.3) is 27.5 Å². The number of para-hydroxylation sites is 2. The van der Waals surface area contributed by atoms with Crippen LogP contribution in [0.5, 0.6) is 11.5 Å². The van der Waals surface area contributed by atoms with Crippen molar-refractivity contribution >= 4 is 50.6 Å². The van der Waals surface area contributed by atoms with E-state index in [4.69, 9.17) is 4.74 Å². The van der Waals surface area contributed by atoms with Gasteiger partial charge in [0.05, 0.1) is 28.1 Å². The fourth-order valence-electron chi connectivity index (χ4n) is 6.71. The molecule has 0 saturated heterocycles. The molecule has 8 rings (SSSR count). The Morgan fingerprint density at radius 2 is 1.27 bits per heavy atom. The van der Waals surface area contributed by atoms with Crippen molar-refractivity contribution in [1.82, 2.24) is 4.57 Å².